The van der Waals surface area contributed by atoms with Crippen LogP contribution < -0.4 is 5.32 Å². The second-order valence-electron chi connectivity index (χ2n) is 6.67. The van der Waals surface area contributed by atoms with Crippen LogP contribution in [0, 0.1) is 12.8 Å². The van der Waals surface area contributed by atoms with Gasteiger partial charge in [-0.2, -0.15) is 0 Å². The maximum absolute atomic E-state index is 6.26. The van der Waals surface area contributed by atoms with Gasteiger partial charge in [0.15, 0.2) is 0 Å². The largest absolute Gasteiger partial charge is 0.375 e. The van der Waals surface area contributed by atoms with Gasteiger partial charge in [0.25, 0.3) is 0 Å². The molecule has 2 aliphatic rings. The molecule has 1 aromatic heterocycles. The summed E-state index contributed by atoms with van der Waals surface area (Å²) in [6, 6.07) is 0.405. The zero-order valence-corrected chi connectivity index (χ0v) is 14.2. The van der Waals surface area contributed by atoms with Crippen molar-refractivity contribution in [3.8, 4) is 0 Å². The van der Waals surface area contributed by atoms with Crippen molar-refractivity contribution >= 4 is 11.3 Å². The number of aryl methyl sites for hydroxylation is 1. The number of aromatic nitrogens is 1. The van der Waals surface area contributed by atoms with Gasteiger partial charge in [0.1, 0.15) is 0 Å². The average Bonchev–Trinajstić information content (AvgIpc) is 2.92. The van der Waals surface area contributed by atoms with Crippen molar-refractivity contribution in [2.24, 2.45) is 5.92 Å². The van der Waals surface area contributed by atoms with Crippen LogP contribution in [0.2, 0.25) is 0 Å². The van der Waals surface area contributed by atoms with Crippen molar-refractivity contribution in [2.75, 3.05) is 13.2 Å². The van der Waals surface area contributed by atoms with Gasteiger partial charge in [-0.25, -0.2) is 4.98 Å². The van der Waals surface area contributed by atoms with Gasteiger partial charge in [0.2, 0.25) is 0 Å². The van der Waals surface area contributed by atoms with Crippen LogP contribution in [-0.2, 0) is 4.74 Å². The lowest BCUT2D eigenvalue weighted by Gasteiger charge is -2.45. The van der Waals surface area contributed by atoms with Crippen molar-refractivity contribution in [3.05, 3.63) is 16.1 Å². The van der Waals surface area contributed by atoms with Crippen molar-refractivity contribution in [1.82, 2.24) is 10.3 Å². The van der Waals surface area contributed by atoms with E-state index in [0.29, 0.717) is 12.0 Å². The molecule has 3 nitrogen and oxygen atoms in total. The summed E-state index contributed by atoms with van der Waals surface area (Å²) in [6.45, 7) is 6.23. The summed E-state index contributed by atoms with van der Waals surface area (Å²) in [4.78, 5) is 4.75. The van der Waals surface area contributed by atoms with Gasteiger partial charge in [0, 0.05) is 12.0 Å². The third kappa shape index (κ3) is 3.49. The van der Waals surface area contributed by atoms with Crippen molar-refractivity contribution in [3.63, 3.8) is 0 Å². The molecule has 1 aliphatic carbocycles. The molecule has 2 unspecified atom stereocenters. The Bertz CT molecular complexity index is 448. The Morgan fingerprint density at radius 2 is 2.24 bits per heavy atom. The standard InChI is InChI=1S/C17H28N2OS/c1-3-18-16(15-12-21-13(2)19-15)14-7-10-20-17(11-14)8-5-4-6-9-17/h12,14,16,18H,3-11H2,1-2H3. The summed E-state index contributed by atoms with van der Waals surface area (Å²) < 4.78 is 6.26. The molecule has 0 bridgehead atoms. The number of thiazole rings is 1. The maximum Gasteiger partial charge on any atom is 0.0898 e. The van der Waals surface area contributed by atoms with Crippen LogP contribution in [-0.4, -0.2) is 23.7 Å². The summed E-state index contributed by atoms with van der Waals surface area (Å²) in [5, 5.41) is 7.11. The monoisotopic (exact) mass is 308 g/mol. The first-order valence-electron chi connectivity index (χ1n) is 8.52. The minimum Gasteiger partial charge on any atom is -0.375 e. The van der Waals surface area contributed by atoms with Crippen LogP contribution in [0.5, 0.6) is 0 Å². The molecule has 3 rings (SSSR count). The summed E-state index contributed by atoms with van der Waals surface area (Å²) >= 11 is 1.77. The Balaban J connectivity index is 1.75. The fraction of sp³-hybridized carbons (Fsp3) is 0.824. The van der Waals surface area contributed by atoms with E-state index in [1.54, 1.807) is 11.3 Å². The van der Waals surface area contributed by atoms with Gasteiger partial charge in [-0.15, -0.1) is 11.3 Å². The predicted octanol–water partition coefficient (Wildman–Crippen LogP) is 4.23. The van der Waals surface area contributed by atoms with Gasteiger partial charge in [-0.1, -0.05) is 26.2 Å². The van der Waals surface area contributed by atoms with E-state index in [1.807, 2.05) is 0 Å². The molecule has 2 atom stereocenters. The molecule has 21 heavy (non-hydrogen) atoms. The molecule has 1 saturated heterocycles. The minimum atomic E-state index is 0.180. The molecule has 0 amide bonds. The van der Waals surface area contributed by atoms with Crippen LogP contribution >= 0.6 is 11.3 Å². The topological polar surface area (TPSA) is 34.2 Å². The molecule has 0 aromatic carbocycles. The zero-order valence-electron chi connectivity index (χ0n) is 13.4. The molecule has 1 aromatic rings. The second kappa shape index (κ2) is 6.76. The van der Waals surface area contributed by atoms with Crippen LogP contribution in [0.4, 0.5) is 0 Å². The van der Waals surface area contributed by atoms with Crippen LogP contribution in [0.15, 0.2) is 5.38 Å². The first-order chi connectivity index (χ1) is 10.2. The fourth-order valence-electron chi connectivity index (χ4n) is 4.15. The summed E-state index contributed by atoms with van der Waals surface area (Å²) in [5.41, 5.74) is 1.43. The highest BCUT2D eigenvalue weighted by molar-refractivity contribution is 7.09. The quantitative estimate of drug-likeness (QED) is 0.903. The van der Waals surface area contributed by atoms with Gasteiger partial charge < -0.3 is 10.1 Å². The highest BCUT2D eigenvalue weighted by atomic mass is 32.1. The van der Waals surface area contributed by atoms with E-state index in [1.165, 1.54) is 49.2 Å². The molecular weight excluding hydrogens is 280 g/mol. The first kappa shape index (κ1) is 15.4. The molecule has 1 N–H and O–H groups in total. The summed E-state index contributed by atoms with van der Waals surface area (Å²) in [7, 11) is 0. The highest BCUT2D eigenvalue weighted by Crippen LogP contribution is 2.44. The molecule has 4 heteroatoms. The molecule has 1 spiro atoms. The Labute approximate surface area is 132 Å². The van der Waals surface area contributed by atoms with Gasteiger partial charge >= 0.3 is 0 Å². The van der Waals surface area contributed by atoms with E-state index < -0.39 is 0 Å². The second-order valence-corrected chi connectivity index (χ2v) is 7.73. The van der Waals surface area contributed by atoms with Crippen molar-refractivity contribution in [1.29, 1.82) is 0 Å². The molecular formula is C17H28N2OS. The molecule has 1 saturated carbocycles. The van der Waals surface area contributed by atoms with E-state index in [2.05, 4.69) is 24.5 Å². The first-order valence-corrected chi connectivity index (χ1v) is 9.40. The van der Waals surface area contributed by atoms with Crippen LogP contribution in [0.25, 0.3) is 0 Å². The van der Waals surface area contributed by atoms with Crippen LogP contribution in [0.3, 0.4) is 0 Å². The zero-order chi connectivity index (χ0) is 14.7. The van der Waals surface area contributed by atoms with Crippen molar-refractivity contribution < 1.29 is 4.74 Å². The maximum atomic E-state index is 6.26. The smallest absolute Gasteiger partial charge is 0.0898 e. The lowest BCUT2D eigenvalue weighted by Crippen LogP contribution is -2.45. The average molecular weight is 308 g/mol. The number of nitrogens with zero attached hydrogens (tertiary/aromatic N) is 1. The lowest BCUT2D eigenvalue weighted by atomic mass is 9.73. The van der Waals surface area contributed by atoms with E-state index in [-0.39, 0.29) is 5.60 Å². The Hall–Kier alpha value is -0.450. The van der Waals surface area contributed by atoms with Gasteiger partial charge in [-0.05, 0) is 45.1 Å². The third-order valence-electron chi connectivity index (χ3n) is 5.15. The molecule has 0 radical (unpaired) electrons. The number of hydrogen-bond acceptors (Lipinski definition) is 4. The Morgan fingerprint density at radius 3 is 2.90 bits per heavy atom. The van der Waals surface area contributed by atoms with Crippen LogP contribution in [0.1, 0.15) is 68.6 Å². The third-order valence-corrected chi connectivity index (χ3v) is 5.94. The Morgan fingerprint density at radius 1 is 1.43 bits per heavy atom. The summed E-state index contributed by atoms with van der Waals surface area (Å²) in [5.74, 6) is 0.665. The number of ether oxygens (including phenoxy) is 1. The van der Waals surface area contributed by atoms with Crippen molar-refractivity contribution in [2.45, 2.75) is 70.4 Å². The van der Waals surface area contributed by atoms with E-state index in [0.717, 1.165) is 19.6 Å². The normalized spacial score (nSPS) is 26.9. The SMILES string of the molecule is CCNC(c1csc(C)n1)C1CCOC2(CCCCC2)C1. The molecule has 2 heterocycles. The van der Waals surface area contributed by atoms with E-state index >= 15 is 0 Å². The minimum absolute atomic E-state index is 0.180. The number of nitrogens with one attached hydrogen (secondary N) is 1. The van der Waals surface area contributed by atoms with E-state index in [9.17, 15) is 0 Å². The Kier molecular flexibility index (Phi) is 4.97. The number of hydrogen-bond donors (Lipinski definition) is 1. The lowest BCUT2D eigenvalue weighted by molar-refractivity contribution is -0.122. The van der Waals surface area contributed by atoms with E-state index in [4.69, 9.17) is 9.72 Å². The number of rotatable bonds is 4. The summed E-state index contributed by atoms with van der Waals surface area (Å²) in [6.07, 6.45) is 8.97. The van der Waals surface area contributed by atoms with Gasteiger partial charge in [0.05, 0.1) is 22.3 Å². The molecule has 2 fully saturated rings. The van der Waals surface area contributed by atoms with Gasteiger partial charge in [-0.3, -0.25) is 0 Å². The fourth-order valence-corrected chi connectivity index (χ4v) is 4.80. The predicted molar refractivity (Wildman–Crippen MR) is 87.8 cm³/mol. The molecule has 118 valence electrons. The molecule has 1 aliphatic heterocycles. The highest BCUT2D eigenvalue weighted by Gasteiger charge is 2.41.